The maximum absolute atomic E-state index is 11.7. The van der Waals surface area contributed by atoms with Gasteiger partial charge in [-0.05, 0) is 26.7 Å². The normalized spacial score (nSPS) is 24.2. The molecule has 5 nitrogen and oxygen atoms in total. The molecule has 1 aliphatic rings. The summed E-state index contributed by atoms with van der Waals surface area (Å²) in [7, 11) is 0. The fourth-order valence-electron chi connectivity index (χ4n) is 1.73. The summed E-state index contributed by atoms with van der Waals surface area (Å²) >= 11 is 0. The smallest absolute Gasteiger partial charge is 0.227 e. The molecule has 17 heavy (non-hydrogen) atoms. The number of carbonyl (C=O) groups excluding carboxylic acids is 1. The number of hydrogen-bond donors (Lipinski definition) is 2. The first kappa shape index (κ1) is 14.4. The predicted octanol–water partition coefficient (Wildman–Crippen LogP) is 0.282. The van der Waals surface area contributed by atoms with Crippen LogP contribution in [0.5, 0.6) is 0 Å². The van der Waals surface area contributed by atoms with Crippen molar-refractivity contribution in [3.05, 3.63) is 0 Å². The third kappa shape index (κ3) is 5.48. The zero-order valence-corrected chi connectivity index (χ0v) is 10.8. The predicted molar refractivity (Wildman–Crippen MR) is 65.6 cm³/mol. The zero-order chi connectivity index (χ0) is 12.7. The third-order valence-electron chi connectivity index (χ3n) is 2.78. The van der Waals surface area contributed by atoms with Crippen LogP contribution < -0.4 is 11.1 Å². The molecule has 0 aromatic rings. The number of hydrogen-bond acceptors (Lipinski definition) is 4. The van der Waals surface area contributed by atoms with Gasteiger partial charge in [0.2, 0.25) is 5.91 Å². The van der Waals surface area contributed by atoms with Crippen LogP contribution in [0.3, 0.4) is 0 Å². The fourth-order valence-corrected chi connectivity index (χ4v) is 1.73. The second-order valence-corrected chi connectivity index (χ2v) is 4.73. The first-order chi connectivity index (χ1) is 8.11. The number of nitrogens with two attached hydrogens (primary N) is 1. The van der Waals surface area contributed by atoms with Crippen molar-refractivity contribution in [2.75, 3.05) is 26.4 Å². The average Bonchev–Trinajstić information content (AvgIpc) is 2.69. The van der Waals surface area contributed by atoms with Crippen molar-refractivity contribution in [2.24, 2.45) is 11.7 Å². The van der Waals surface area contributed by atoms with Gasteiger partial charge in [0.25, 0.3) is 0 Å². The number of unbranched alkanes of at least 4 members (excludes halogenated alkanes) is 1. The molecule has 0 saturated carbocycles. The number of nitrogens with one attached hydrogen (secondary N) is 1. The molecule has 2 unspecified atom stereocenters. The monoisotopic (exact) mass is 244 g/mol. The quantitative estimate of drug-likeness (QED) is 0.631. The van der Waals surface area contributed by atoms with Gasteiger partial charge in [-0.15, -0.1) is 0 Å². The van der Waals surface area contributed by atoms with E-state index in [1.807, 2.05) is 13.8 Å². The van der Waals surface area contributed by atoms with Crippen LogP contribution in [-0.2, 0) is 14.3 Å². The van der Waals surface area contributed by atoms with Gasteiger partial charge in [0.05, 0.1) is 25.2 Å². The van der Waals surface area contributed by atoms with Crippen molar-refractivity contribution in [1.29, 1.82) is 0 Å². The van der Waals surface area contributed by atoms with Crippen LogP contribution >= 0.6 is 0 Å². The van der Waals surface area contributed by atoms with Crippen LogP contribution in [0.2, 0.25) is 0 Å². The molecule has 100 valence electrons. The molecular formula is C12H24N2O3. The van der Waals surface area contributed by atoms with E-state index in [1.54, 1.807) is 0 Å². The Bertz CT molecular complexity index is 234. The van der Waals surface area contributed by atoms with Crippen LogP contribution in [0.1, 0.15) is 26.7 Å². The van der Waals surface area contributed by atoms with Crippen molar-refractivity contribution in [3.8, 4) is 0 Å². The molecule has 5 heteroatoms. The van der Waals surface area contributed by atoms with Gasteiger partial charge in [-0.2, -0.15) is 0 Å². The van der Waals surface area contributed by atoms with E-state index in [1.165, 1.54) is 0 Å². The molecule has 0 aliphatic carbocycles. The minimum atomic E-state index is -0.179. The van der Waals surface area contributed by atoms with Gasteiger partial charge < -0.3 is 20.5 Å². The van der Waals surface area contributed by atoms with Crippen LogP contribution in [0.25, 0.3) is 0 Å². The van der Waals surface area contributed by atoms with E-state index in [0.29, 0.717) is 19.8 Å². The molecular weight excluding hydrogens is 220 g/mol. The Hall–Kier alpha value is -0.650. The highest BCUT2D eigenvalue weighted by molar-refractivity contribution is 5.79. The Morgan fingerprint density at radius 2 is 2.24 bits per heavy atom. The average molecular weight is 244 g/mol. The van der Waals surface area contributed by atoms with Crippen molar-refractivity contribution in [2.45, 2.75) is 38.8 Å². The molecule has 1 aliphatic heterocycles. The first-order valence-corrected chi connectivity index (χ1v) is 6.34. The molecule has 1 heterocycles. The maximum atomic E-state index is 11.7. The number of carbonyl (C=O) groups is 1. The van der Waals surface area contributed by atoms with Gasteiger partial charge >= 0.3 is 0 Å². The van der Waals surface area contributed by atoms with E-state index in [0.717, 1.165) is 19.4 Å². The van der Waals surface area contributed by atoms with Gasteiger partial charge in [-0.1, -0.05) is 0 Å². The van der Waals surface area contributed by atoms with Gasteiger partial charge in [0.1, 0.15) is 0 Å². The summed E-state index contributed by atoms with van der Waals surface area (Å²) in [5.41, 5.74) is 5.76. The molecule has 0 aromatic carbocycles. The van der Waals surface area contributed by atoms with Gasteiger partial charge in [0, 0.05) is 19.2 Å². The van der Waals surface area contributed by atoms with E-state index in [4.69, 9.17) is 15.2 Å². The fraction of sp³-hybridized carbons (Fsp3) is 0.917. The summed E-state index contributed by atoms with van der Waals surface area (Å²) in [5, 5.41) is 2.89. The van der Waals surface area contributed by atoms with Crippen LogP contribution in [-0.4, -0.2) is 44.4 Å². The highest BCUT2D eigenvalue weighted by atomic mass is 16.5. The number of rotatable bonds is 7. The largest absolute Gasteiger partial charge is 0.379 e. The highest BCUT2D eigenvalue weighted by Gasteiger charge is 2.30. The van der Waals surface area contributed by atoms with Gasteiger partial charge in [0.15, 0.2) is 0 Å². The lowest BCUT2D eigenvalue weighted by molar-refractivity contribution is -0.125. The molecule has 3 N–H and O–H groups in total. The number of ether oxygens (including phenoxy) is 2. The number of amides is 1. The van der Waals surface area contributed by atoms with Crippen LogP contribution in [0.4, 0.5) is 0 Å². The van der Waals surface area contributed by atoms with Crippen molar-refractivity contribution in [1.82, 2.24) is 5.32 Å². The van der Waals surface area contributed by atoms with E-state index in [-0.39, 0.29) is 24.0 Å². The lowest BCUT2D eigenvalue weighted by Gasteiger charge is -2.13. The van der Waals surface area contributed by atoms with Crippen LogP contribution in [0.15, 0.2) is 0 Å². The topological polar surface area (TPSA) is 73.6 Å². The van der Waals surface area contributed by atoms with Gasteiger partial charge in [-0.3, -0.25) is 4.79 Å². The summed E-state index contributed by atoms with van der Waals surface area (Å²) < 4.78 is 10.6. The van der Waals surface area contributed by atoms with E-state index >= 15 is 0 Å². The summed E-state index contributed by atoms with van der Waals surface area (Å²) in [4.78, 5) is 11.7. The van der Waals surface area contributed by atoms with Gasteiger partial charge in [-0.25, -0.2) is 0 Å². The Morgan fingerprint density at radius 1 is 1.47 bits per heavy atom. The minimum Gasteiger partial charge on any atom is -0.379 e. The molecule has 1 rings (SSSR count). The molecule has 0 aromatic heterocycles. The standard InChI is InChI=1S/C12H24N2O3/c1-9(2)17-6-4-3-5-14-12(15)10-7-16-8-11(10)13/h9-11H,3-8,13H2,1-2H3,(H,14,15). The van der Waals surface area contributed by atoms with Crippen molar-refractivity contribution in [3.63, 3.8) is 0 Å². The Labute approximate surface area is 103 Å². The molecule has 1 amide bonds. The lowest BCUT2D eigenvalue weighted by atomic mass is 10.0. The van der Waals surface area contributed by atoms with E-state index in [2.05, 4.69) is 5.32 Å². The van der Waals surface area contributed by atoms with E-state index in [9.17, 15) is 4.79 Å². The molecule has 0 spiro atoms. The van der Waals surface area contributed by atoms with Crippen molar-refractivity contribution >= 4 is 5.91 Å². The molecule has 1 saturated heterocycles. The van der Waals surface area contributed by atoms with Crippen molar-refractivity contribution < 1.29 is 14.3 Å². The Balaban J connectivity index is 2.00. The van der Waals surface area contributed by atoms with Crippen LogP contribution in [0, 0.1) is 5.92 Å². The van der Waals surface area contributed by atoms with E-state index < -0.39 is 0 Å². The highest BCUT2D eigenvalue weighted by Crippen LogP contribution is 2.11. The Kier molecular flexibility index (Phi) is 6.47. The molecule has 1 fully saturated rings. The summed E-state index contributed by atoms with van der Waals surface area (Å²) in [5.74, 6) is -0.165. The maximum Gasteiger partial charge on any atom is 0.227 e. The molecule has 0 bridgehead atoms. The molecule has 0 radical (unpaired) electrons. The zero-order valence-electron chi connectivity index (χ0n) is 10.8. The summed E-state index contributed by atoms with van der Waals surface area (Å²) in [6.45, 7) is 6.40. The first-order valence-electron chi connectivity index (χ1n) is 6.34. The summed E-state index contributed by atoms with van der Waals surface area (Å²) in [6.07, 6.45) is 2.17. The second-order valence-electron chi connectivity index (χ2n) is 4.73. The third-order valence-corrected chi connectivity index (χ3v) is 2.78. The summed E-state index contributed by atoms with van der Waals surface area (Å²) in [6, 6.07) is -0.153. The Morgan fingerprint density at radius 3 is 2.82 bits per heavy atom. The SMILES string of the molecule is CC(C)OCCCCNC(=O)C1COCC1N. The second kappa shape index (κ2) is 7.63. The lowest BCUT2D eigenvalue weighted by Crippen LogP contribution is -2.41. The minimum absolute atomic E-state index is 0.0137. The molecule has 2 atom stereocenters.